The molecule has 0 aromatic carbocycles. The second-order valence-corrected chi connectivity index (χ2v) is 7.19. The molecule has 1 aliphatic carbocycles. The Morgan fingerprint density at radius 2 is 1.79 bits per heavy atom. The maximum absolute atomic E-state index is 13.3. The average molecular weight is 271 g/mol. The number of hydrogen-bond donors (Lipinski definition) is 1. The van der Waals surface area contributed by atoms with Crippen LogP contribution in [0.1, 0.15) is 59.3 Å². The first kappa shape index (κ1) is 15.2. The Hall–Kier alpha value is -0.150. The highest BCUT2D eigenvalue weighted by Crippen LogP contribution is 2.43. The van der Waals surface area contributed by atoms with Gasteiger partial charge in [-0.3, -0.25) is 4.90 Å². The Labute approximate surface area is 117 Å². The molecule has 112 valence electrons. The van der Waals surface area contributed by atoms with Crippen molar-refractivity contribution >= 4 is 0 Å². The summed E-state index contributed by atoms with van der Waals surface area (Å²) in [4.78, 5) is 2.46. The molecular formula is C16H30FNO. The second kappa shape index (κ2) is 6.09. The van der Waals surface area contributed by atoms with Crippen LogP contribution in [0, 0.1) is 11.3 Å². The first-order valence-corrected chi connectivity index (χ1v) is 8.00. The largest absolute Gasteiger partial charge is 0.393 e. The molecule has 1 aliphatic heterocycles. The van der Waals surface area contributed by atoms with Gasteiger partial charge < -0.3 is 5.11 Å². The fraction of sp³-hybridized carbons (Fsp3) is 1.00. The van der Waals surface area contributed by atoms with Crippen molar-refractivity contribution in [2.75, 3.05) is 13.1 Å². The number of piperidine rings is 1. The van der Waals surface area contributed by atoms with E-state index in [1.54, 1.807) is 0 Å². The number of likely N-dealkylation sites (tertiary alicyclic amines) is 1. The monoisotopic (exact) mass is 271 g/mol. The van der Waals surface area contributed by atoms with Gasteiger partial charge in [-0.2, -0.15) is 0 Å². The Balaban J connectivity index is 2.08. The van der Waals surface area contributed by atoms with E-state index in [0.29, 0.717) is 30.2 Å². The van der Waals surface area contributed by atoms with E-state index in [1.807, 2.05) is 0 Å². The first-order chi connectivity index (χ1) is 8.94. The summed E-state index contributed by atoms with van der Waals surface area (Å²) < 4.78 is 13.3. The summed E-state index contributed by atoms with van der Waals surface area (Å²) in [6, 6.07) is 0.450. The summed E-state index contributed by atoms with van der Waals surface area (Å²) in [7, 11) is 0. The van der Waals surface area contributed by atoms with Crippen molar-refractivity contribution in [1.29, 1.82) is 0 Å². The Morgan fingerprint density at radius 1 is 1.16 bits per heavy atom. The van der Waals surface area contributed by atoms with E-state index in [-0.39, 0.29) is 6.10 Å². The van der Waals surface area contributed by atoms with Crippen LogP contribution in [0.5, 0.6) is 0 Å². The molecule has 3 unspecified atom stereocenters. The molecule has 2 fully saturated rings. The van der Waals surface area contributed by atoms with Gasteiger partial charge in [-0.25, -0.2) is 4.39 Å². The van der Waals surface area contributed by atoms with E-state index in [1.165, 1.54) is 6.42 Å². The van der Waals surface area contributed by atoms with E-state index in [4.69, 9.17) is 0 Å². The molecule has 2 nitrogen and oxygen atoms in total. The van der Waals surface area contributed by atoms with Crippen LogP contribution in [0.4, 0.5) is 4.39 Å². The fourth-order valence-electron chi connectivity index (χ4n) is 3.90. The van der Waals surface area contributed by atoms with Gasteiger partial charge in [-0.15, -0.1) is 0 Å². The molecule has 2 rings (SSSR count). The van der Waals surface area contributed by atoms with Crippen LogP contribution in [0.15, 0.2) is 0 Å². The van der Waals surface area contributed by atoms with Gasteiger partial charge in [-0.1, -0.05) is 27.2 Å². The predicted octanol–water partition coefficient (Wildman–Crippen LogP) is 3.39. The number of nitrogens with zero attached hydrogens (tertiary/aromatic N) is 1. The van der Waals surface area contributed by atoms with Gasteiger partial charge in [0.05, 0.1) is 6.10 Å². The summed E-state index contributed by atoms with van der Waals surface area (Å²) in [6.45, 7) is 8.70. The van der Waals surface area contributed by atoms with Gasteiger partial charge in [-0.05, 0) is 43.4 Å². The Bertz CT molecular complexity index is 286. The second-order valence-electron chi connectivity index (χ2n) is 7.19. The summed E-state index contributed by atoms with van der Waals surface area (Å²) in [5.74, 6) is 0.636. The molecule has 0 aromatic heterocycles. The van der Waals surface area contributed by atoms with Crippen LogP contribution in [-0.2, 0) is 0 Å². The molecule has 0 bridgehead atoms. The number of alkyl halides is 1. The van der Waals surface area contributed by atoms with E-state index in [9.17, 15) is 9.50 Å². The minimum absolute atomic E-state index is 0.156. The van der Waals surface area contributed by atoms with Crippen LogP contribution in [0.3, 0.4) is 0 Å². The minimum atomic E-state index is -0.609. The van der Waals surface area contributed by atoms with E-state index in [2.05, 4.69) is 25.7 Å². The van der Waals surface area contributed by atoms with Gasteiger partial charge in [0, 0.05) is 19.1 Å². The van der Waals surface area contributed by atoms with Crippen molar-refractivity contribution in [2.45, 2.75) is 77.6 Å². The third-order valence-electron chi connectivity index (χ3n) is 5.63. The quantitative estimate of drug-likeness (QED) is 0.850. The molecule has 1 saturated heterocycles. The van der Waals surface area contributed by atoms with Crippen molar-refractivity contribution in [2.24, 2.45) is 11.3 Å². The molecule has 0 spiro atoms. The van der Waals surface area contributed by atoms with E-state index < -0.39 is 6.17 Å². The van der Waals surface area contributed by atoms with Crippen LogP contribution in [-0.4, -0.2) is 41.4 Å². The summed E-state index contributed by atoms with van der Waals surface area (Å²) >= 11 is 0. The molecule has 1 heterocycles. The Morgan fingerprint density at radius 3 is 2.37 bits per heavy atom. The highest BCUT2D eigenvalue weighted by atomic mass is 19.1. The van der Waals surface area contributed by atoms with Crippen molar-refractivity contribution in [3.63, 3.8) is 0 Å². The highest BCUT2D eigenvalue weighted by Gasteiger charge is 2.41. The minimum Gasteiger partial charge on any atom is -0.393 e. The smallest absolute Gasteiger partial charge is 0.103 e. The SMILES string of the molecule is CCC(C)(C)C1CCC(O)CC1N1CCC(F)CC1. The molecule has 2 aliphatic rings. The summed E-state index contributed by atoms with van der Waals surface area (Å²) in [5.41, 5.74) is 0.317. The standard InChI is InChI=1S/C16H30FNO/c1-4-16(2,3)14-6-5-13(19)11-15(14)18-9-7-12(17)8-10-18/h12-15,19H,4-11H2,1-3H3. The zero-order valence-corrected chi connectivity index (χ0v) is 12.7. The molecule has 3 atom stereocenters. The van der Waals surface area contributed by atoms with Crippen LogP contribution in [0.2, 0.25) is 0 Å². The zero-order chi connectivity index (χ0) is 14.0. The number of aliphatic hydroxyl groups excluding tert-OH is 1. The number of rotatable bonds is 3. The first-order valence-electron chi connectivity index (χ1n) is 8.00. The van der Waals surface area contributed by atoms with Gasteiger partial charge in [0.25, 0.3) is 0 Å². The summed E-state index contributed by atoms with van der Waals surface area (Å²) in [5, 5.41) is 10.0. The lowest BCUT2D eigenvalue weighted by molar-refractivity contribution is -0.0309. The van der Waals surface area contributed by atoms with Gasteiger partial charge in [0.2, 0.25) is 0 Å². The zero-order valence-electron chi connectivity index (χ0n) is 12.7. The molecule has 1 N–H and O–H groups in total. The van der Waals surface area contributed by atoms with Crippen LogP contribution >= 0.6 is 0 Å². The normalized spacial score (nSPS) is 35.5. The molecule has 0 radical (unpaired) electrons. The molecular weight excluding hydrogens is 241 g/mol. The van der Waals surface area contributed by atoms with Gasteiger partial charge >= 0.3 is 0 Å². The molecule has 3 heteroatoms. The maximum Gasteiger partial charge on any atom is 0.103 e. The number of aliphatic hydroxyl groups is 1. The van der Waals surface area contributed by atoms with Gasteiger partial charge in [0.15, 0.2) is 0 Å². The predicted molar refractivity (Wildman–Crippen MR) is 76.9 cm³/mol. The Kier molecular flexibility index (Phi) is 4.88. The summed E-state index contributed by atoms with van der Waals surface area (Å²) in [6.07, 6.45) is 4.68. The lowest BCUT2D eigenvalue weighted by atomic mass is 9.66. The molecule has 19 heavy (non-hydrogen) atoms. The van der Waals surface area contributed by atoms with E-state index in [0.717, 1.165) is 32.4 Å². The topological polar surface area (TPSA) is 23.5 Å². The van der Waals surface area contributed by atoms with Crippen LogP contribution in [0.25, 0.3) is 0 Å². The number of halogens is 1. The highest BCUT2D eigenvalue weighted by molar-refractivity contribution is 4.94. The lowest BCUT2D eigenvalue weighted by Gasteiger charge is -2.49. The average Bonchev–Trinajstić information content (AvgIpc) is 2.39. The van der Waals surface area contributed by atoms with Crippen LogP contribution < -0.4 is 0 Å². The third-order valence-corrected chi connectivity index (χ3v) is 5.63. The van der Waals surface area contributed by atoms with Crippen molar-refractivity contribution in [3.8, 4) is 0 Å². The van der Waals surface area contributed by atoms with Crippen molar-refractivity contribution in [1.82, 2.24) is 4.90 Å². The van der Waals surface area contributed by atoms with Crippen molar-refractivity contribution < 1.29 is 9.50 Å². The van der Waals surface area contributed by atoms with E-state index >= 15 is 0 Å². The lowest BCUT2D eigenvalue weighted by Crippen LogP contribution is -2.52. The molecule has 1 saturated carbocycles. The molecule has 0 aromatic rings. The van der Waals surface area contributed by atoms with Crippen molar-refractivity contribution in [3.05, 3.63) is 0 Å². The fourth-order valence-corrected chi connectivity index (χ4v) is 3.90. The molecule has 0 amide bonds. The number of hydrogen-bond acceptors (Lipinski definition) is 2. The third kappa shape index (κ3) is 3.49. The van der Waals surface area contributed by atoms with Gasteiger partial charge in [0.1, 0.15) is 6.17 Å². The maximum atomic E-state index is 13.3.